The van der Waals surface area contributed by atoms with Crippen LogP contribution in [0.3, 0.4) is 0 Å². The zero-order valence-corrected chi connectivity index (χ0v) is 15.7. The van der Waals surface area contributed by atoms with E-state index in [1.54, 1.807) is 12.1 Å². The van der Waals surface area contributed by atoms with Gasteiger partial charge in [-0.1, -0.05) is 23.7 Å². The van der Waals surface area contributed by atoms with Gasteiger partial charge in [0.25, 0.3) is 0 Å². The number of ether oxygens (including phenoxy) is 2. The quantitative estimate of drug-likeness (QED) is 0.786. The first kappa shape index (κ1) is 18.7. The molecular formula is C18H18ClNO5S. The van der Waals surface area contributed by atoms with E-state index in [-0.39, 0.29) is 17.2 Å². The van der Waals surface area contributed by atoms with Gasteiger partial charge >= 0.3 is 0 Å². The van der Waals surface area contributed by atoms with E-state index in [4.69, 9.17) is 21.1 Å². The molecule has 0 aromatic heterocycles. The molecule has 2 aromatic carbocycles. The Kier molecular flexibility index (Phi) is 5.50. The number of fused-ring (bicyclic) bond motifs is 1. The number of rotatable bonds is 5. The summed E-state index contributed by atoms with van der Waals surface area (Å²) in [6, 6.07) is 9.15. The first-order chi connectivity index (χ1) is 12.4. The average molecular weight is 396 g/mol. The Labute approximate surface area is 157 Å². The number of hydrogen-bond donors (Lipinski definition) is 1. The summed E-state index contributed by atoms with van der Waals surface area (Å²) >= 11 is 6.22. The molecule has 1 aliphatic rings. The molecule has 0 saturated heterocycles. The van der Waals surface area contributed by atoms with Crippen molar-refractivity contribution in [3.8, 4) is 11.5 Å². The lowest BCUT2D eigenvalue weighted by Crippen LogP contribution is -2.23. The molecule has 0 amide bonds. The van der Waals surface area contributed by atoms with Crippen molar-refractivity contribution in [2.45, 2.75) is 24.8 Å². The maximum absolute atomic E-state index is 12.4. The Morgan fingerprint density at radius 3 is 2.54 bits per heavy atom. The third-order valence-corrected chi connectivity index (χ3v) is 5.60. The van der Waals surface area contributed by atoms with Crippen molar-refractivity contribution < 1.29 is 22.7 Å². The minimum atomic E-state index is -3.72. The molecule has 1 heterocycles. The van der Waals surface area contributed by atoms with Crippen LogP contribution in [0.1, 0.15) is 29.3 Å². The summed E-state index contributed by atoms with van der Waals surface area (Å²) in [6.07, 6.45) is 0.753. The first-order valence-corrected chi connectivity index (χ1v) is 9.91. The predicted molar refractivity (Wildman–Crippen MR) is 97.5 cm³/mol. The van der Waals surface area contributed by atoms with E-state index in [1.807, 2.05) is 0 Å². The van der Waals surface area contributed by atoms with Gasteiger partial charge in [-0.15, -0.1) is 0 Å². The van der Waals surface area contributed by atoms with E-state index in [0.717, 1.165) is 6.42 Å². The molecule has 0 fully saturated rings. The lowest BCUT2D eigenvalue weighted by Gasteiger charge is -2.12. The molecule has 1 aliphatic heterocycles. The Bertz CT molecular complexity index is 925. The number of ketones is 1. The minimum Gasteiger partial charge on any atom is -0.489 e. The van der Waals surface area contributed by atoms with Crippen molar-refractivity contribution in [3.05, 3.63) is 52.5 Å². The van der Waals surface area contributed by atoms with Gasteiger partial charge in [0.15, 0.2) is 17.3 Å². The minimum absolute atomic E-state index is 0.0488. The van der Waals surface area contributed by atoms with E-state index >= 15 is 0 Å². The Balaban J connectivity index is 1.76. The molecule has 8 heteroatoms. The predicted octanol–water partition coefficient (Wildman–Crippen LogP) is 3.18. The van der Waals surface area contributed by atoms with Crippen LogP contribution in [0, 0.1) is 0 Å². The second-order valence-electron chi connectivity index (χ2n) is 5.86. The molecule has 3 rings (SSSR count). The van der Waals surface area contributed by atoms with Crippen LogP contribution in [-0.2, 0) is 16.6 Å². The number of carbonyl (C=O) groups excluding carboxylic acids is 1. The van der Waals surface area contributed by atoms with Crippen LogP contribution >= 0.6 is 11.6 Å². The second-order valence-corrected chi connectivity index (χ2v) is 8.03. The summed E-state index contributed by atoms with van der Waals surface area (Å²) in [5.74, 6) is 0.870. The van der Waals surface area contributed by atoms with Crippen molar-refractivity contribution in [2.75, 3.05) is 13.2 Å². The van der Waals surface area contributed by atoms with E-state index in [2.05, 4.69) is 4.72 Å². The van der Waals surface area contributed by atoms with Crippen molar-refractivity contribution >= 4 is 27.4 Å². The largest absolute Gasteiger partial charge is 0.489 e. The SMILES string of the molecule is CC(=O)c1ccc(S(=O)(=O)NCc2cc(Cl)c3c(c2)OCCCO3)cc1. The monoisotopic (exact) mass is 395 g/mol. The van der Waals surface area contributed by atoms with Gasteiger partial charge in [-0.25, -0.2) is 13.1 Å². The number of hydrogen-bond acceptors (Lipinski definition) is 5. The summed E-state index contributed by atoms with van der Waals surface area (Å²) < 4.78 is 38.5. The summed E-state index contributed by atoms with van der Waals surface area (Å²) in [5, 5.41) is 0.379. The number of sulfonamides is 1. The molecule has 0 saturated carbocycles. The zero-order valence-electron chi connectivity index (χ0n) is 14.1. The molecule has 0 unspecified atom stereocenters. The van der Waals surface area contributed by atoms with Crippen LogP contribution in [0.15, 0.2) is 41.3 Å². The van der Waals surface area contributed by atoms with Crippen LogP contribution in [0.2, 0.25) is 5.02 Å². The maximum atomic E-state index is 12.4. The normalized spacial score (nSPS) is 13.9. The molecule has 0 spiro atoms. The zero-order chi connectivity index (χ0) is 18.7. The third-order valence-electron chi connectivity index (χ3n) is 3.90. The molecule has 0 bridgehead atoms. The third kappa shape index (κ3) is 4.17. The second kappa shape index (κ2) is 7.65. The van der Waals surface area contributed by atoms with Crippen molar-refractivity contribution in [3.63, 3.8) is 0 Å². The van der Waals surface area contributed by atoms with Crippen molar-refractivity contribution in [2.24, 2.45) is 0 Å². The Morgan fingerprint density at radius 1 is 1.15 bits per heavy atom. The van der Waals surface area contributed by atoms with E-state index < -0.39 is 10.0 Å². The van der Waals surface area contributed by atoms with Gasteiger partial charge in [0.2, 0.25) is 10.0 Å². The molecule has 26 heavy (non-hydrogen) atoms. The van der Waals surface area contributed by atoms with Gasteiger partial charge in [-0.3, -0.25) is 4.79 Å². The first-order valence-electron chi connectivity index (χ1n) is 8.05. The van der Waals surface area contributed by atoms with Crippen LogP contribution in [0.5, 0.6) is 11.5 Å². The van der Waals surface area contributed by atoms with Gasteiger partial charge in [-0.05, 0) is 36.8 Å². The number of nitrogens with one attached hydrogen (secondary N) is 1. The number of Topliss-reactive ketones (excluding diaryl/α,β-unsaturated/α-hetero) is 1. The molecule has 0 atom stereocenters. The van der Waals surface area contributed by atoms with Gasteiger partial charge in [-0.2, -0.15) is 0 Å². The summed E-state index contributed by atoms with van der Waals surface area (Å²) in [7, 11) is -3.72. The van der Waals surface area contributed by atoms with Crippen molar-refractivity contribution in [1.82, 2.24) is 4.72 Å². The molecular weight excluding hydrogens is 378 g/mol. The van der Waals surface area contributed by atoms with E-state index in [0.29, 0.717) is 40.9 Å². The Hall–Kier alpha value is -2.09. The van der Waals surface area contributed by atoms with Crippen LogP contribution in [-0.4, -0.2) is 27.4 Å². The van der Waals surface area contributed by atoms with Gasteiger partial charge < -0.3 is 9.47 Å². The lowest BCUT2D eigenvalue weighted by atomic mass is 10.2. The fourth-order valence-electron chi connectivity index (χ4n) is 2.52. The van der Waals surface area contributed by atoms with Crippen LogP contribution in [0.25, 0.3) is 0 Å². The fourth-order valence-corrected chi connectivity index (χ4v) is 3.82. The number of benzene rings is 2. The lowest BCUT2D eigenvalue weighted by molar-refractivity contribution is 0.101. The highest BCUT2D eigenvalue weighted by Crippen LogP contribution is 2.38. The molecule has 0 aliphatic carbocycles. The van der Waals surface area contributed by atoms with Gasteiger partial charge in [0.05, 0.1) is 23.1 Å². The Morgan fingerprint density at radius 2 is 1.85 bits per heavy atom. The molecule has 0 radical (unpaired) electrons. The molecule has 6 nitrogen and oxygen atoms in total. The standard InChI is InChI=1S/C18H18ClNO5S/c1-12(21)14-3-5-15(6-4-14)26(22,23)20-11-13-9-16(19)18-17(10-13)24-7-2-8-25-18/h3-6,9-10,20H,2,7-8,11H2,1H3. The summed E-state index contributed by atoms with van der Waals surface area (Å²) in [4.78, 5) is 11.4. The van der Waals surface area contributed by atoms with Crippen LogP contribution in [0.4, 0.5) is 0 Å². The summed E-state index contributed by atoms with van der Waals surface area (Å²) in [5.41, 5.74) is 1.11. The smallest absolute Gasteiger partial charge is 0.240 e. The van der Waals surface area contributed by atoms with E-state index in [9.17, 15) is 13.2 Å². The summed E-state index contributed by atoms with van der Waals surface area (Å²) in [6.45, 7) is 2.51. The highest BCUT2D eigenvalue weighted by atomic mass is 35.5. The van der Waals surface area contributed by atoms with Crippen molar-refractivity contribution in [1.29, 1.82) is 0 Å². The molecule has 138 valence electrons. The number of carbonyl (C=O) groups is 1. The van der Waals surface area contributed by atoms with Gasteiger partial charge in [0.1, 0.15) is 0 Å². The van der Waals surface area contributed by atoms with Crippen LogP contribution < -0.4 is 14.2 Å². The number of halogens is 1. The highest BCUT2D eigenvalue weighted by Gasteiger charge is 2.18. The topological polar surface area (TPSA) is 81.7 Å². The molecule has 1 N–H and O–H groups in total. The highest BCUT2D eigenvalue weighted by molar-refractivity contribution is 7.89. The fraction of sp³-hybridized carbons (Fsp3) is 0.278. The van der Waals surface area contributed by atoms with Gasteiger partial charge in [0, 0.05) is 18.5 Å². The average Bonchev–Trinajstić information content (AvgIpc) is 2.86. The maximum Gasteiger partial charge on any atom is 0.240 e. The molecule has 2 aromatic rings. The van der Waals surface area contributed by atoms with E-state index in [1.165, 1.54) is 31.2 Å².